The van der Waals surface area contributed by atoms with Crippen LogP contribution in [0.5, 0.6) is 0 Å². The Bertz CT molecular complexity index is 1390. The fraction of sp³-hybridized carbons (Fsp3) is 0.286. The van der Waals surface area contributed by atoms with Crippen LogP contribution in [0.25, 0.3) is 21.1 Å². The molecule has 0 aliphatic carbocycles. The first kappa shape index (κ1) is 19.2. The second kappa shape index (κ2) is 7.04. The molecule has 4 rings (SSSR count). The number of aliphatic carboxylic acids is 1. The third kappa shape index (κ3) is 3.09. The molecule has 0 radical (unpaired) electrons. The number of thiophene rings is 1. The highest BCUT2D eigenvalue weighted by molar-refractivity contribution is 7.18. The Hall–Kier alpha value is -3.13. The predicted molar refractivity (Wildman–Crippen MR) is 114 cm³/mol. The maximum atomic E-state index is 13.1. The molecule has 7 nitrogen and oxygen atoms in total. The Morgan fingerprint density at radius 3 is 2.62 bits per heavy atom. The van der Waals surface area contributed by atoms with E-state index in [0.717, 1.165) is 37.9 Å². The molecule has 0 fully saturated rings. The van der Waals surface area contributed by atoms with Crippen LogP contribution in [0.4, 0.5) is 0 Å². The van der Waals surface area contributed by atoms with Gasteiger partial charge < -0.3 is 9.67 Å². The zero-order valence-corrected chi connectivity index (χ0v) is 17.2. The summed E-state index contributed by atoms with van der Waals surface area (Å²) >= 11 is 1.43. The van der Waals surface area contributed by atoms with E-state index in [0.29, 0.717) is 10.2 Å². The molecule has 3 heterocycles. The number of rotatable bonds is 5. The molecule has 150 valence electrons. The van der Waals surface area contributed by atoms with Gasteiger partial charge in [0.2, 0.25) is 0 Å². The van der Waals surface area contributed by atoms with Crippen molar-refractivity contribution in [2.24, 2.45) is 7.05 Å². The lowest BCUT2D eigenvalue weighted by molar-refractivity contribution is -0.137. The van der Waals surface area contributed by atoms with Crippen LogP contribution in [-0.4, -0.2) is 24.8 Å². The molecule has 0 unspecified atom stereocenters. The molecule has 4 aromatic rings. The molecular formula is C21H21N3O4S. The van der Waals surface area contributed by atoms with E-state index in [1.165, 1.54) is 15.9 Å². The summed E-state index contributed by atoms with van der Waals surface area (Å²) < 4.78 is 4.36. The van der Waals surface area contributed by atoms with Gasteiger partial charge in [-0.05, 0) is 42.0 Å². The van der Waals surface area contributed by atoms with Crippen molar-refractivity contribution in [1.82, 2.24) is 13.7 Å². The molecule has 0 saturated heterocycles. The third-order valence-corrected chi connectivity index (χ3v) is 6.76. The summed E-state index contributed by atoms with van der Waals surface area (Å²) in [6.07, 6.45) is 2.72. The number of benzene rings is 1. The zero-order valence-electron chi connectivity index (χ0n) is 16.4. The Morgan fingerprint density at radius 1 is 1.17 bits per heavy atom. The molecule has 1 aromatic carbocycles. The van der Waals surface area contributed by atoms with Gasteiger partial charge in [-0.3, -0.25) is 14.2 Å². The van der Waals surface area contributed by atoms with Gasteiger partial charge in [-0.15, -0.1) is 11.3 Å². The SMILES string of the molecule is CCc1sc2c(c1C)c(=O)n(CC(=O)O)c(=O)n2Cc1ccc2ccn(C)c2c1. The van der Waals surface area contributed by atoms with Crippen molar-refractivity contribution in [1.29, 1.82) is 0 Å². The summed E-state index contributed by atoms with van der Waals surface area (Å²) in [4.78, 5) is 38.9. The average Bonchev–Trinajstić information content (AvgIpc) is 3.22. The van der Waals surface area contributed by atoms with Crippen LogP contribution in [-0.2, 0) is 31.4 Å². The highest BCUT2D eigenvalue weighted by Gasteiger charge is 2.20. The van der Waals surface area contributed by atoms with Crippen LogP contribution in [0.15, 0.2) is 40.1 Å². The van der Waals surface area contributed by atoms with Crippen molar-refractivity contribution in [2.75, 3.05) is 0 Å². The van der Waals surface area contributed by atoms with Gasteiger partial charge in [0, 0.05) is 23.6 Å². The number of fused-ring (bicyclic) bond motifs is 2. The maximum Gasteiger partial charge on any atom is 0.332 e. The standard InChI is InChI=1S/C21H21N3O4S/c1-4-16-12(2)18-19(27)23(11-17(25)26)21(28)24(20(18)29-16)10-13-5-6-14-7-8-22(3)15(14)9-13/h5-9H,4,10-11H2,1-3H3,(H,25,26). The van der Waals surface area contributed by atoms with E-state index in [-0.39, 0.29) is 6.54 Å². The van der Waals surface area contributed by atoms with Gasteiger partial charge in [-0.2, -0.15) is 0 Å². The van der Waals surface area contributed by atoms with Crippen LogP contribution < -0.4 is 11.2 Å². The number of carboxylic acid groups (broad SMARTS) is 1. The first-order valence-electron chi connectivity index (χ1n) is 9.33. The Balaban J connectivity index is 1.98. The predicted octanol–water partition coefficient (Wildman–Crippen LogP) is 2.72. The first-order valence-corrected chi connectivity index (χ1v) is 10.1. The molecule has 0 atom stereocenters. The molecule has 0 saturated carbocycles. The minimum absolute atomic E-state index is 0.263. The fourth-order valence-electron chi connectivity index (χ4n) is 3.78. The smallest absolute Gasteiger partial charge is 0.332 e. The molecule has 3 aromatic heterocycles. The van der Waals surface area contributed by atoms with E-state index < -0.39 is 23.8 Å². The molecule has 0 amide bonds. The van der Waals surface area contributed by atoms with Crippen LogP contribution >= 0.6 is 11.3 Å². The number of carboxylic acids is 1. The van der Waals surface area contributed by atoms with Crippen molar-refractivity contribution in [3.63, 3.8) is 0 Å². The number of aromatic nitrogens is 3. The number of nitrogens with zero attached hydrogens (tertiary/aromatic N) is 3. The molecular weight excluding hydrogens is 390 g/mol. The van der Waals surface area contributed by atoms with Gasteiger partial charge >= 0.3 is 11.7 Å². The van der Waals surface area contributed by atoms with Crippen LogP contribution in [0.2, 0.25) is 0 Å². The van der Waals surface area contributed by atoms with Gasteiger partial charge in [-0.25, -0.2) is 9.36 Å². The second-order valence-electron chi connectivity index (χ2n) is 7.16. The minimum atomic E-state index is -1.22. The lowest BCUT2D eigenvalue weighted by Gasteiger charge is -2.12. The third-order valence-electron chi connectivity index (χ3n) is 5.30. The summed E-state index contributed by atoms with van der Waals surface area (Å²) in [5.74, 6) is -1.22. The molecule has 0 aliphatic heterocycles. The number of aryl methyl sites for hydroxylation is 3. The quantitative estimate of drug-likeness (QED) is 0.547. The van der Waals surface area contributed by atoms with Gasteiger partial charge in [-0.1, -0.05) is 19.1 Å². The molecule has 0 bridgehead atoms. The van der Waals surface area contributed by atoms with Crippen molar-refractivity contribution in [3.05, 3.63) is 67.3 Å². The van der Waals surface area contributed by atoms with E-state index in [2.05, 4.69) is 0 Å². The van der Waals surface area contributed by atoms with Crippen molar-refractivity contribution in [2.45, 2.75) is 33.4 Å². The lowest BCUT2D eigenvalue weighted by atomic mass is 10.1. The second-order valence-corrected chi connectivity index (χ2v) is 8.24. The molecule has 0 aliphatic rings. The Labute approximate surface area is 170 Å². The zero-order chi connectivity index (χ0) is 20.9. The summed E-state index contributed by atoms with van der Waals surface area (Å²) in [6.45, 7) is 3.47. The normalized spacial score (nSPS) is 11.6. The lowest BCUT2D eigenvalue weighted by Crippen LogP contribution is -2.41. The van der Waals surface area contributed by atoms with Crippen LogP contribution in [0, 0.1) is 6.92 Å². The monoisotopic (exact) mass is 411 g/mol. The van der Waals surface area contributed by atoms with E-state index in [1.54, 1.807) is 0 Å². The average molecular weight is 411 g/mol. The largest absolute Gasteiger partial charge is 0.480 e. The molecule has 0 spiro atoms. The van der Waals surface area contributed by atoms with Gasteiger partial charge in [0.1, 0.15) is 11.4 Å². The van der Waals surface area contributed by atoms with E-state index in [4.69, 9.17) is 0 Å². The van der Waals surface area contributed by atoms with Gasteiger partial charge in [0.25, 0.3) is 5.56 Å². The molecule has 29 heavy (non-hydrogen) atoms. The van der Waals surface area contributed by atoms with Crippen molar-refractivity contribution >= 4 is 38.4 Å². The first-order chi connectivity index (χ1) is 13.8. The van der Waals surface area contributed by atoms with E-state index >= 15 is 0 Å². The summed E-state index contributed by atoms with van der Waals surface area (Å²) in [5.41, 5.74) is 1.65. The maximum absolute atomic E-state index is 13.1. The summed E-state index contributed by atoms with van der Waals surface area (Å²) in [5, 5.41) is 10.7. The number of hydrogen-bond acceptors (Lipinski definition) is 4. The van der Waals surface area contributed by atoms with E-state index in [1.807, 2.05) is 55.9 Å². The molecule has 8 heteroatoms. The van der Waals surface area contributed by atoms with E-state index in [9.17, 15) is 19.5 Å². The van der Waals surface area contributed by atoms with Crippen molar-refractivity contribution < 1.29 is 9.90 Å². The number of hydrogen-bond donors (Lipinski definition) is 1. The Kier molecular flexibility index (Phi) is 4.66. The van der Waals surface area contributed by atoms with Crippen LogP contribution in [0.3, 0.4) is 0 Å². The summed E-state index contributed by atoms with van der Waals surface area (Å²) in [7, 11) is 1.96. The molecule has 1 N–H and O–H groups in total. The van der Waals surface area contributed by atoms with Crippen molar-refractivity contribution in [3.8, 4) is 0 Å². The number of carbonyl (C=O) groups is 1. The highest BCUT2D eigenvalue weighted by Crippen LogP contribution is 2.28. The highest BCUT2D eigenvalue weighted by atomic mass is 32.1. The topological polar surface area (TPSA) is 86.2 Å². The minimum Gasteiger partial charge on any atom is -0.480 e. The fourth-order valence-corrected chi connectivity index (χ4v) is 5.01. The Morgan fingerprint density at radius 2 is 1.93 bits per heavy atom. The van der Waals surface area contributed by atoms with Crippen LogP contribution in [0.1, 0.15) is 22.9 Å². The van der Waals surface area contributed by atoms with Gasteiger partial charge in [0.15, 0.2) is 0 Å². The summed E-state index contributed by atoms with van der Waals surface area (Å²) in [6, 6.07) is 7.99. The van der Waals surface area contributed by atoms with Gasteiger partial charge in [0.05, 0.1) is 11.9 Å².